The molecule has 0 saturated heterocycles. The number of ether oxygens (including phenoxy) is 2. The predicted octanol–water partition coefficient (Wildman–Crippen LogP) is 8.82. The van der Waals surface area contributed by atoms with Gasteiger partial charge in [-0.15, -0.1) is 0 Å². The molecule has 5 heteroatoms. The second-order valence-corrected chi connectivity index (χ2v) is 8.82. The van der Waals surface area contributed by atoms with Gasteiger partial charge in [0.1, 0.15) is 11.5 Å². The summed E-state index contributed by atoms with van der Waals surface area (Å²) in [6.07, 6.45) is 0. The van der Waals surface area contributed by atoms with Crippen LogP contribution in [0.4, 0.5) is 0 Å². The third kappa shape index (κ3) is 5.43. The number of benzene rings is 4. The van der Waals surface area contributed by atoms with Crippen LogP contribution in [0.1, 0.15) is 29.8 Å². The fraction of sp³-hybridized carbons (Fsp3) is 0.138. The zero-order chi connectivity index (χ0) is 24.7. The van der Waals surface area contributed by atoms with Gasteiger partial charge in [0, 0.05) is 31.2 Å². The standard InChI is InChI=1S/C27H20Br2O3.C2H6/c1-31-17-11-13-25(28)23(15-17)19-7-3-5-9-21(19)27(30)22-10-6-4-8-20(22)24-16-18(32-2)12-14-26(24)29;1-2/h3-16H,1-2H3;1-2H3. The second-order valence-electron chi connectivity index (χ2n) is 7.11. The van der Waals surface area contributed by atoms with Crippen molar-refractivity contribution in [3.63, 3.8) is 0 Å². The number of carbonyl (C=O) groups is 1. The summed E-state index contributed by atoms with van der Waals surface area (Å²) in [5.74, 6) is 1.40. The number of ketones is 1. The van der Waals surface area contributed by atoms with E-state index in [1.165, 1.54) is 0 Å². The highest BCUT2D eigenvalue weighted by Crippen LogP contribution is 2.38. The maximum atomic E-state index is 13.9. The van der Waals surface area contributed by atoms with Crippen molar-refractivity contribution >= 4 is 37.6 Å². The highest BCUT2D eigenvalue weighted by molar-refractivity contribution is 9.11. The maximum Gasteiger partial charge on any atom is 0.194 e. The van der Waals surface area contributed by atoms with E-state index in [2.05, 4.69) is 31.9 Å². The zero-order valence-corrected chi connectivity index (χ0v) is 22.7. The van der Waals surface area contributed by atoms with E-state index >= 15 is 0 Å². The Bertz CT molecular complexity index is 1200. The minimum atomic E-state index is -0.0550. The Labute approximate surface area is 218 Å². The number of halogens is 2. The van der Waals surface area contributed by atoms with E-state index in [0.717, 1.165) is 42.7 Å². The summed E-state index contributed by atoms with van der Waals surface area (Å²) in [4.78, 5) is 13.9. The minimum absolute atomic E-state index is 0.0550. The molecule has 34 heavy (non-hydrogen) atoms. The molecule has 174 valence electrons. The van der Waals surface area contributed by atoms with Crippen molar-refractivity contribution in [2.45, 2.75) is 13.8 Å². The van der Waals surface area contributed by atoms with Gasteiger partial charge in [0.05, 0.1) is 14.2 Å². The Hall–Kier alpha value is -2.89. The third-order valence-corrected chi connectivity index (χ3v) is 6.65. The third-order valence-electron chi connectivity index (χ3n) is 5.27. The summed E-state index contributed by atoms with van der Waals surface area (Å²) < 4.78 is 12.6. The van der Waals surface area contributed by atoms with Gasteiger partial charge in [0.25, 0.3) is 0 Å². The van der Waals surface area contributed by atoms with Crippen molar-refractivity contribution < 1.29 is 14.3 Å². The molecule has 0 aromatic heterocycles. The molecule has 4 aromatic rings. The van der Waals surface area contributed by atoms with Crippen LogP contribution in [0.3, 0.4) is 0 Å². The first kappa shape index (κ1) is 25.7. The van der Waals surface area contributed by atoms with E-state index < -0.39 is 0 Å². The normalized spacial score (nSPS) is 10.2. The van der Waals surface area contributed by atoms with Gasteiger partial charge in [-0.1, -0.05) is 94.2 Å². The molecule has 0 aliphatic heterocycles. The van der Waals surface area contributed by atoms with Crippen molar-refractivity contribution in [2.75, 3.05) is 14.2 Å². The quantitative estimate of drug-likeness (QED) is 0.213. The van der Waals surface area contributed by atoms with Gasteiger partial charge in [-0.3, -0.25) is 4.79 Å². The molecule has 0 heterocycles. The van der Waals surface area contributed by atoms with E-state index in [-0.39, 0.29) is 5.78 Å². The lowest BCUT2D eigenvalue weighted by molar-refractivity contribution is 0.104. The van der Waals surface area contributed by atoms with Crippen LogP contribution in [-0.4, -0.2) is 20.0 Å². The number of hydrogen-bond acceptors (Lipinski definition) is 3. The lowest BCUT2D eigenvalue weighted by Crippen LogP contribution is -2.06. The summed E-state index contributed by atoms with van der Waals surface area (Å²) in [6, 6.07) is 26.8. The number of rotatable bonds is 6. The van der Waals surface area contributed by atoms with Crippen LogP contribution in [0.2, 0.25) is 0 Å². The van der Waals surface area contributed by atoms with Crippen LogP contribution in [0.15, 0.2) is 93.9 Å². The molecule has 3 nitrogen and oxygen atoms in total. The van der Waals surface area contributed by atoms with E-state index in [9.17, 15) is 4.79 Å². The minimum Gasteiger partial charge on any atom is -0.497 e. The van der Waals surface area contributed by atoms with Crippen molar-refractivity contribution in [2.24, 2.45) is 0 Å². The average Bonchev–Trinajstić information content (AvgIpc) is 2.90. The van der Waals surface area contributed by atoms with Crippen LogP contribution in [0.5, 0.6) is 11.5 Å². The van der Waals surface area contributed by atoms with Crippen LogP contribution in [0, 0.1) is 0 Å². The first-order valence-corrected chi connectivity index (χ1v) is 12.5. The first-order valence-electron chi connectivity index (χ1n) is 10.9. The van der Waals surface area contributed by atoms with Crippen LogP contribution < -0.4 is 9.47 Å². The lowest BCUT2D eigenvalue weighted by atomic mass is 9.90. The van der Waals surface area contributed by atoms with Gasteiger partial charge in [-0.25, -0.2) is 0 Å². The number of hydrogen-bond donors (Lipinski definition) is 0. The highest BCUT2D eigenvalue weighted by Gasteiger charge is 2.20. The Morgan fingerprint density at radius 3 is 1.35 bits per heavy atom. The van der Waals surface area contributed by atoms with E-state index in [1.54, 1.807) is 14.2 Å². The van der Waals surface area contributed by atoms with Gasteiger partial charge < -0.3 is 9.47 Å². The van der Waals surface area contributed by atoms with Crippen molar-refractivity contribution in [1.29, 1.82) is 0 Å². The average molecular weight is 582 g/mol. The Morgan fingerprint density at radius 1 is 0.588 bits per heavy atom. The Morgan fingerprint density at radius 2 is 0.971 bits per heavy atom. The second kappa shape index (κ2) is 12.0. The van der Waals surface area contributed by atoms with Crippen molar-refractivity contribution in [1.82, 2.24) is 0 Å². The number of methoxy groups -OCH3 is 2. The summed E-state index contributed by atoms with van der Waals surface area (Å²) in [6.45, 7) is 4.00. The molecule has 0 spiro atoms. The molecule has 0 radical (unpaired) electrons. The van der Waals surface area contributed by atoms with Crippen LogP contribution in [0.25, 0.3) is 22.3 Å². The molecule has 0 aliphatic rings. The number of carbonyl (C=O) groups excluding carboxylic acids is 1. The summed E-state index contributed by atoms with van der Waals surface area (Å²) in [5.41, 5.74) is 4.70. The molecule has 0 bridgehead atoms. The predicted molar refractivity (Wildman–Crippen MR) is 147 cm³/mol. The summed E-state index contributed by atoms with van der Waals surface area (Å²) >= 11 is 7.25. The molecule has 0 amide bonds. The largest absolute Gasteiger partial charge is 0.497 e. The molecule has 0 N–H and O–H groups in total. The maximum absolute atomic E-state index is 13.9. The van der Waals surface area contributed by atoms with Gasteiger partial charge in [-0.2, -0.15) is 0 Å². The molecule has 0 unspecified atom stereocenters. The van der Waals surface area contributed by atoms with E-state index in [4.69, 9.17) is 9.47 Å². The van der Waals surface area contributed by atoms with Gasteiger partial charge in [0.2, 0.25) is 0 Å². The Kier molecular flexibility index (Phi) is 9.08. The van der Waals surface area contributed by atoms with E-state index in [0.29, 0.717) is 11.1 Å². The molecule has 0 aliphatic carbocycles. The van der Waals surface area contributed by atoms with Crippen LogP contribution in [-0.2, 0) is 0 Å². The van der Waals surface area contributed by atoms with Crippen LogP contribution >= 0.6 is 31.9 Å². The molecular formula is C29H26Br2O3. The molecule has 4 aromatic carbocycles. The Balaban J connectivity index is 0.00000158. The topological polar surface area (TPSA) is 35.5 Å². The molecule has 0 atom stereocenters. The zero-order valence-electron chi connectivity index (χ0n) is 19.6. The molecule has 4 rings (SSSR count). The molecule has 0 saturated carbocycles. The van der Waals surface area contributed by atoms with E-state index in [1.807, 2.05) is 98.8 Å². The fourth-order valence-electron chi connectivity index (χ4n) is 3.65. The molecular weight excluding hydrogens is 556 g/mol. The van der Waals surface area contributed by atoms with Gasteiger partial charge >= 0.3 is 0 Å². The summed E-state index contributed by atoms with van der Waals surface area (Å²) in [7, 11) is 3.26. The van der Waals surface area contributed by atoms with Gasteiger partial charge in [-0.05, 0) is 47.5 Å². The molecule has 0 fully saturated rings. The first-order chi connectivity index (χ1) is 16.5. The smallest absolute Gasteiger partial charge is 0.194 e. The van der Waals surface area contributed by atoms with Crippen molar-refractivity contribution in [3.05, 3.63) is 105 Å². The SMILES string of the molecule is CC.COc1ccc(Br)c(-c2ccccc2C(=O)c2ccccc2-c2cc(OC)ccc2Br)c1. The summed E-state index contributed by atoms with van der Waals surface area (Å²) in [5, 5.41) is 0. The highest BCUT2D eigenvalue weighted by atomic mass is 79.9. The monoisotopic (exact) mass is 580 g/mol. The lowest BCUT2D eigenvalue weighted by Gasteiger charge is -2.15. The fourth-order valence-corrected chi connectivity index (χ4v) is 4.57. The van der Waals surface area contributed by atoms with Crippen molar-refractivity contribution in [3.8, 4) is 33.8 Å². The van der Waals surface area contributed by atoms with Gasteiger partial charge in [0.15, 0.2) is 5.78 Å².